The summed E-state index contributed by atoms with van der Waals surface area (Å²) in [6.45, 7) is 11.5. The van der Waals surface area contributed by atoms with Crippen LogP contribution < -0.4 is 5.32 Å². The third-order valence-electron chi connectivity index (χ3n) is 7.36. The smallest absolute Gasteiger partial charge is 0.289 e. The molecule has 202 valence electrons. The summed E-state index contributed by atoms with van der Waals surface area (Å²) in [5.41, 5.74) is 1.80. The fraction of sp³-hybridized carbons (Fsp3) is 0.464. The predicted molar refractivity (Wildman–Crippen MR) is 142 cm³/mol. The molecule has 0 unspecified atom stereocenters. The van der Waals surface area contributed by atoms with Gasteiger partial charge in [-0.3, -0.25) is 14.3 Å². The van der Waals surface area contributed by atoms with Gasteiger partial charge in [0.25, 0.3) is 5.91 Å². The standard InChI is InChI=1S/C28H35FN6O3/c1-4-33-9-11-34(12-10-33)16-18-5-8-23(22(29)13-18)35-26(31-32-27(35)28(38)30-19-6-7-19)21-14-20(17(2)3)24(36)15-25(21)37/h5,8,13-15,17,19,36-37H,4,6-7,9-12,16H2,1-3H3,(H,30,38). The fourth-order valence-corrected chi connectivity index (χ4v) is 4.90. The van der Waals surface area contributed by atoms with Crippen molar-refractivity contribution in [2.45, 2.75) is 52.1 Å². The zero-order valence-electron chi connectivity index (χ0n) is 22.1. The molecule has 2 aliphatic rings. The van der Waals surface area contributed by atoms with Gasteiger partial charge in [0.15, 0.2) is 5.82 Å². The molecule has 2 heterocycles. The van der Waals surface area contributed by atoms with Crippen molar-refractivity contribution in [2.75, 3.05) is 32.7 Å². The van der Waals surface area contributed by atoms with Crippen molar-refractivity contribution < 1.29 is 19.4 Å². The highest BCUT2D eigenvalue weighted by Crippen LogP contribution is 2.38. The van der Waals surface area contributed by atoms with Crippen molar-refractivity contribution in [2.24, 2.45) is 0 Å². The molecule has 1 amide bonds. The molecule has 2 fully saturated rings. The van der Waals surface area contributed by atoms with E-state index in [2.05, 4.69) is 32.2 Å². The summed E-state index contributed by atoms with van der Waals surface area (Å²) in [5.74, 6) is -1.24. The third kappa shape index (κ3) is 5.37. The van der Waals surface area contributed by atoms with Gasteiger partial charge in [0.05, 0.1) is 11.3 Å². The number of nitrogens with zero attached hydrogens (tertiary/aromatic N) is 5. The van der Waals surface area contributed by atoms with Gasteiger partial charge in [0.2, 0.25) is 5.82 Å². The first-order valence-electron chi connectivity index (χ1n) is 13.3. The number of carbonyl (C=O) groups is 1. The number of benzene rings is 2. The van der Waals surface area contributed by atoms with E-state index in [9.17, 15) is 15.0 Å². The van der Waals surface area contributed by atoms with Gasteiger partial charge < -0.3 is 20.4 Å². The summed E-state index contributed by atoms with van der Waals surface area (Å²) >= 11 is 0. The van der Waals surface area contributed by atoms with Gasteiger partial charge in [-0.15, -0.1) is 10.2 Å². The van der Waals surface area contributed by atoms with Gasteiger partial charge in [-0.05, 0) is 54.6 Å². The van der Waals surface area contributed by atoms with Crippen molar-refractivity contribution in [1.29, 1.82) is 0 Å². The summed E-state index contributed by atoms with van der Waals surface area (Å²) in [7, 11) is 0. The molecule has 0 spiro atoms. The second-order valence-corrected chi connectivity index (χ2v) is 10.5. The monoisotopic (exact) mass is 522 g/mol. The van der Waals surface area contributed by atoms with Gasteiger partial charge in [-0.25, -0.2) is 4.39 Å². The van der Waals surface area contributed by atoms with E-state index < -0.39 is 11.7 Å². The maximum atomic E-state index is 15.7. The van der Waals surface area contributed by atoms with Crippen LogP contribution >= 0.6 is 0 Å². The Balaban J connectivity index is 1.53. The zero-order valence-corrected chi connectivity index (χ0v) is 22.1. The zero-order chi connectivity index (χ0) is 27.0. The number of hydrogen-bond acceptors (Lipinski definition) is 7. The number of phenolic OH excluding ortho intramolecular Hbond substituents is 2. The maximum Gasteiger partial charge on any atom is 0.289 e. The molecule has 2 aromatic carbocycles. The first-order valence-corrected chi connectivity index (χ1v) is 13.3. The normalized spacial score (nSPS) is 16.8. The number of phenols is 2. The van der Waals surface area contributed by atoms with E-state index in [1.165, 1.54) is 16.7 Å². The van der Waals surface area contributed by atoms with Gasteiger partial charge in [-0.2, -0.15) is 0 Å². The Kier molecular flexibility index (Phi) is 7.36. The summed E-state index contributed by atoms with van der Waals surface area (Å²) in [6, 6.07) is 7.91. The number of nitrogens with one attached hydrogen (secondary N) is 1. The minimum absolute atomic E-state index is 0.0430. The number of likely N-dealkylation sites (N-methyl/N-ethyl adjacent to an activating group) is 1. The van der Waals surface area contributed by atoms with Crippen LogP contribution in [0.2, 0.25) is 0 Å². The Labute approximate surface area is 221 Å². The number of rotatable bonds is 8. The molecule has 38 heavy (non-hydrogen) atoms. The molecule has 5 rings (SSSR count). The van der Waals surface area contributed by atoms with Crippen molar-refractivity contribution in [3.05, 3.63) is 53.1 Å². The fourth-order valence-electron chi connectivity index (χ4n) is 4.90. The first-order chi connectivity index (χ1) is 18.2. The quantitative estimate of drug-likeness (QED) is 0.415. The number of piperazine rings is 1. The summed E-state index contributed by atoms with van der Waals surface area (Å²) in [6.07, 6.45) is 1.78. The van der Waals surface area contributed by atoms with Gasteiger partial charge in [0.1, 0.15) is 17.3 Å². The van der Waals surface area contributed by atoms with E-state index in [1.807, 2.05) is 19.9 Å². The van der Waals surface area contributed by atoms with E-state index in [0.717, 1.165) is 51.1 Å². The van der Waals surface area contributed by atoms with E-state index in [-0.39, 0.29) is 46.4 Å². The van der Waals surface area contributed by atoms with Crippen LogP contribution in [0.5, 0.6) is 11.5 Å². The molecular weight excluding hydrogens is 487 g/mol. The van der Waals surface area contributed by atoms with E-state index in [1.54, 1.807) is 12.1 Å². The van der Waals surface area contributed by atoms with E-state index in [4.69, 9.17) is 0 Å². The molecule has 1 aromatic heterocycles. The number of amides is 1. The van der Waals surface area contributed by atoms with Crippen LogP contribution in [0.4, 0.5) is 4.39 Å². The van der Waals surface area contributed by atoms with Crippen LogP contribution in [0.3, 0.4) is 0 Å². The minimum atomic E-state index is -0.515. The lowest BCUT2D eigenvalue weighted by Crippen LogP contribution is -2.45. The lowest BCUT2D eigenvalue weighted by Gasteiger charge is -2.34. The number of hydrogen-bond donors (Lipinski definition) is 3. The molecule has 0 radical (unpaired) electrons. The molecule has 1 aliphatic carbocycles. The lowest BCUT2D eigenvalue weighted by atomic mass is 9.98. The van der Waals surface area contributed by atoms with Gasteiger partial charge >= 0.3 is 0 Å². The summed E-state index contributed by atoms with van der Waals surface area (Å²) in [5, 5.41) is 32.2. The Morgan fingerprint density at radius 2 is 1.76 bits per heavy atom. The maximum absolute atomic E-state index is 15.7. The topological polar surface area (TPSA) is 107 Å². The Morgan fingerprint density at radius 1 is 1.05 bits per heavy atom. The van der Waals surface area contributed by atoms with E-state index in [0.29, 0.717) is 12.1 Å². The van der Waals surface area contributed by atoms with Crippen LogP contribution in [-0.2, 0) is 6.54 Å². The number of carbonyl (C=O) groups excluding carboxylic acids is 1. The van der Waals surface area contributed by atoms with Crippen molar-refractivity contribution in [1.82, 2.24) is 29.9 Å². The Morgan fingerprint density at radius 3 is 2.39 bits per heavy atom. The average Bonchev–Trinajstić information content (AvgIpc) is 3.59. The van der Waals surface area contributed by atoms with Crippen LogP contribution in [-0.4, -0.2) is 79.5 Å². The second kappa shape index (κ2) is 10.7. The molecule has 0 atom stereocenters. The minimum Gasteiger partial charge on any atom is -0.508 e. The predicted octanol–water partition coefficient (Wildman–Crippen LogP) is 3.64. The van der Waals surface area contributed by atoms with Crippen molar-refractivity contribution in [3.63, 3.8) is 0 Å². The number of halogens is 1. The molecule has 3 N–H and O–H groups in total. The summed E-state index contributed by atoms with van der Waals surface area (Å²) < 4.78 is 17.1. The molecular formula is C28H35FN6O3. The highest BCUT2D eigenvalue weighted by atomic mass is 19.1. The number of aromatic hydroxyl groups is 2. The molecule has 3 aromatic rings. The summed E-state index contributed by atoms with van der Waals surface area (Å²) in [4.78, 5) is 17.8. The molecule has 0 bridgehead atoms. The van der Waals surface area contributed by atoms with Gasteiger partial charge in [-0.1, -0.05) is 26.8 Å². The first kappa shape index (κ1) is 26.1. The third-order valence-corrected chi connectivity index (χ3v) is 7.36. The Bertz CT molecular complexity index is 1330. The van der Waals surface area contributed by atoms with Crippen LogP contribution in [0.1, 0.15) is 61.3 Å². The average molecular weight is 523 g/mol. The van der Waals surface area contributed by atoms with Crippen molar-refractivity contribution >= 4 is 5.91 Å². The Hall–Kier alpha value is -3.50. The lowest BCUT2D eigenvalue weighted by molar-refractivity contribution is 0.0938. The highest BCUT2D eigenvalue weighted by molar-refractivity contribution is 5.92. The van der Waals surface area contributed by atoms with Crippen LogP contribution in [0.25, 0.3) is 17.1 Å². The number of aromatic nitrogens is 3. The van der Waals surface area contributed by atoms with Crippen LogP contribution in [0.15, 0.2) is 30.3 Å². The molecule has 10 heteroatoms. The molecule has 1 aliphatic heterocycles. The van der Waals surface area contributed by atoms with Crippen molar-refractivity contribution in [3.8, 4) is 28.6 Å². The van der Waals surface area contributed by atoms with E-state index >= 15 is 4.39 Å². The van der Waals surface area contributed by atoms with Gasteiger partial charge in [0, 0.05) is 44.8 Å². The molecule has 9 nitrogen and oxygen atoms in total. The van der Waals surface area contributed by atoms with Crippen LogP contribution in [0, 0.1) is 5.82 Å². The molecule has 1 saturated heterocycles. The molecule has 1 saturated carbocycles. The highest BCUT2D eigenvalue weighted by Gasteiger charge is 2.30. The SMILES string of the molecule is CCN1CCN(Cc2ccc(-n3c(C(=O)NC4CC4)nnc3-c3cc(C(C)C)c(O)cc3O)c(F)c2)CC1. The second-order valence-electron chi connectivity index (χ2n) is 10.5. The largest absolute Gasteiger partial charge is 0.508 e.